The fourth-order valence-electron chi connectivity index (χ4n) is 1.62. The molecule has 0 N–H and O–H groups in total. The van der Waals surface area contributed by atoms with Crippen LogP contribution in [0, 0.1) is 0 Å². The standard InChI is InChI=1S/C9H24O2Si3.C4H2O3/c1-9-14(8,10-12(2,3)4)11-13(5,6)7;5-3-1-2-4(6)7-3/h9H,1H2,2-8H3;1-2H. The van der Waals surface area contributed by atoms with Crippen LogP contribution in [-0.2, 0) is 22.6 Å². The Balaban J connectivity index is 0.000000471. The Hall–Kier alpha value is -0.809. The minimum atomic E-state index is -2.11. The molecule has 0 bridgehead atoms. The highest BCUT2D eigenvalue weighted by Crippen LogP contribution is 2.20. The topological polar surface area (TPSA) is 61.8 Å². The lowest BCUT2D eigenvalue weighted by molar-refractivity contribution is -0.150. The Labute approximate surface area is 130 Å². The SMILES string of the molecule is C=C[Si](C)(O[Si](C)(C)C)O[Si](C)(C)C.O=C1C=CC(=O)O1. The zero-order valence-corrected chi connectivity index (χ0v) is 17.0. The molecular weight excluding hydrogens is 320 g/mol. The third-order valence-corrected chi connectivity index (χ3v) is 10.8. The minimum Gasteiger partial charge on any atom is -0.434 e. The highest BCUT2D eigenvalue weighted by atomic mass is 28.5. The van der Waals surface area contributed by atoms with Crippen molar-refractivity contribution in [2.75, 3.05) is 0 Å². The Morgan fingerprint density at radius 3 is 1.38 bits per heavy atom. The average molecular weight is 347 g/mol. The van der Waals surface area contributed by atoms with Gasteiger partial charge in [0.15, 0.2) is 16.6 Å². The largest absolute Gasteiger partial charge is 0.434 e. The summed E-state index contributed by atoms with van der Waals surface area (Å²) < 4.78 is 16.2. The Kier molecular flexibility index (Phi) is 7.17. The normalized spacial score (nSPS) is 15.4. The van der Waals surface area contributed by atoms with Crippen LogP contribution in [0.15, 0.2) is 24.4 Å². The van der Waals surface area contributed by atoms with Gasteiger partial charge in [-0.3, -0.25) is 0 Å². The molecule has 1 heterocycles. The van der Waals surface area contributed by atoms with E-state index in [0.29, 0.717) is 0 Å². The van der Waals surface area contributed by atoms with Crippen LogP contribution in [0.4, 0.5) is 0 Å². The van der Waals surface area contributed by atoms with E-state index < -0.39 is 37.1 Å². The fraction of sp³-hybridized carbons (Fsp3) is 0.538. The third kappa shape index (κ3) is 10.5. The van der Waals surface area contributed by atoms with Crippen LogP contribution >= 0.6 is 0 Å². The number of hydrogen-bond acceptors (Lipinski definition) is 5. The van der Waals surface area contributed by atoms with Gasteiger partial charge in [0.1, 0.15) is 0 Å². The molecule has 0 atom stereocenters. The molecule has 8 heteroatoms. The zero-order chi connectivity index (χ0) is 16.9. The Morgan fingerprint density at radius 1 is 0.905 bits per heavy atom. The van der Waals surface area contributed by atoms with E-state index in [4.69, 9.17) is 8.23 Å². The van der Waals surface area contributed by atoms with E-state index in [1.807, 2.05) is 5.70 Å². The van der Waals surface area contributed by atoms with Gasteiger partial charge in [0.25, 0.3) is 0 Å². The van der Waals surface area contributed by atoms with E-state index in [-0.39, 0.29) is 0 Å². The molecule has 0 aromatic rings. The third-order valence-electron chi connectivity index (χ3n) is 1.95. The maximum atomic E-state index is 9.92. The Bertz CT molecular complexity index is 400. The van der Waals surface area contributed by atoms with Crippen molar-refractivity contribution in [3.63, 3.8) is 0 Å². The van der Waals surface area contributed by atoms with Crippen LogP contribution in [0.1, 0.15) is 0 Å². The molecule has 0 radical (unpaired) electrons. The first-order valence-electron chi connectivity index (χ1n) is 6.74. The predicted molar refractivity (Wildman–Crippen MR) is 90.9 cm³/mol. The van der Waals surface area contributed by atoms with Crippen LogP contribution in [-0.4, -0.2) is 37.1 Å². The molecule has 0 unspecified atom stereocenters. The van der Waals surface area contributed by atoms with Crippen molar-refractivity contribution in [3.8, 4) is 0 Å². The van der Waals surface area contributed by atoms with Crippen molar-refractivity contribution in [2.24, 2.45) is 0 Å². The van der Waals surface area contributed by atoms with Crippen LogP contribution in [0.25, 0.3) is 0 Å². The summed E-state index contributed by atoms with van der Waals surface area (Å²) in [4.78, 5) is 19.8. The van der Waals surface area contributed by atoms with E-state index in [1.54, 1.807) is 0 Å². The molecule has 0 aromatic carbocycles. The van der Waals surface area contributed by atoms with E-state index in [0.717, 1.165) is 12.2 Å². The van der Waals surface area contributed by atoms with E-state index >= 15 is 0 Å². The van der Waals surface area contributed by atoms with E-state index in [1.165, 1.54) is 0 Å². The summed E-state index contributed by atoms with van der Waals surface area (Å²) in [6.45, 7) is 19.1. The highest BCUT2D eigenvalue weighted by molar-refractivity contribution is 6.89. The molecule has 1 aliphatic rings. The second kappa shape index (κ2) is 7.45. The summed E-state index contributed by atoms with van der Waals surface area (Å²) in [5, 5.41) is 0. The average Bonchev–Trinajstić information content (AvgIpc) is 2.57. The van der Waals surface area contributed by atoms with Crippen LogP contribution in [0.3, 0.4) is 0 Å². The number of rotatable bonds is 5. The lowest BCUT2D eigenvalue weighted by Gasteiger charge is -2.36. The fourth-order valence-corrected chi connectivity index (χ4v) is 12.6. The summed E-state index contributed by atoms with van der Waals surface area (Å²) in [6.07, 6.45) is 2.17. The predicted octanol–water partition coefficient (Wildman–Crippen LogP) is 3.11. The molecule has 0 fully saturated rings. The smallest absolute Gasteiger partial charge is 0.340 e. The molecule has 0 aliphatic carbocycles. The number of cyclic esters (lactones) is 2. The first-order valence-corrected chi connectivity index (χ1v) is 16.0. The van der Waals surface area contributed by atoms with Crippen molar-refractivity contribution < 1.29 is 22.6 Å². The van der Waals surface area contributed by atoms with Gasteiger partial charge in [-0.2, -0.15) is 0 Å². The molecule has 0 amide bonds. The van der Waals surface area contributed by atoms with Gasteiger partial charge >= 0.3 is 20.5 Å². The van der Waals surface area contributed by atoms with Gasteiger partial charge in [0.2, 0.25) is 0 Å². The maximum absolute atomic E-state index is 9.92. The maximum Gasteiger partial charge on any atom is 0.340 e. The molecular formula is C13H26O5Si3. The van der Waals surface area contributed by atoms with Gasteiger partial charge in [0, 0.05) is 12.2 Å². The molecule has 0 saturated carbocycles. The van der Waals surface area contributed by atoms with Gasteiger partial charge in [-0.25, -0.2) is 9.59 Å². The monoisotopic (exact) mass is 346 g/mol. The van der Waals surface area contributed by atoms with Crippen molar-refractivity contribution >= 4 is 37.1 Å². The van der Waals surface area contributed by atoms with Gasteiger partial charge in [-0.05, 0) is 45.8 Å². The first-order chi connectivity index (χ1) is 9.26. The van der Waals surface area contributed by atoms with Gasteiger partial charge in [-0.15, -0.1) is 6.58 Å². The van der Waals surface area contributed by atoms with Crippen molar-refractivity contribution in [1.29, 1.82) is 0 Å². The first kappa shape index (κ1) is 20.2. The lowest BCUT2D eigenvalue weighted by atomic mass is 10.6. The van der Waals surface area contributed by atoms with Crippen molar-refractivity contribution in [2.45, 2.75) is 45.8 Å². The number of ether oxygens (including phenoxy) is 1. The zero-order valence-electron chi connectivity index (χ0n) is 14.0. The number of carbonyl (C=O) groups excluding carboxylic acids is 2. The number of carbonyl (C=O) groups is 2. The summed E-state index contributed by atoms with van der Waals surface area (Å²) >= 11 is 0. The van der Waals surface area contributed by atoms with Crippen molar-refractivity contribution in [1.82, 2.24) is 0 Å². The van der Waals surface area contributed by atoms with Gasteiger partial charge in [0.05, 0.1) is 0 Å². The Morgan fingerprint density at radius 2 is 1.24 bits per heavy atom. The molecule has 1 rings (SSSR count). The second-order valence-electron chi connectivity index (χ2n) is 6.72. The summed E-state index contributed by atoms with van der Waals surface area (Å²) in [7, 11) is -5.16. The number of esters is 2. The van der Waals surface area contributed by atoms with E-state index in [9.17, 15) is 9.59 Å². The van der Waals surface area contributed by atoms with Gasteiger partial charge < -0.3 is 13.0 Å². The molecule has 21 heavy (non-hydrogen) atoms. The molecule has 120 valence electrons. The molecule has 0 aromatic heterocycles. The van der Waals surface area contributed by atoms with Gasteiger partial charge in [-0.1, -0.05) is 5.70 Å². The van der Waals surface area contributed by atoms with Crippen molar-refractivity contribution in [3.05, 3.63) is 24.4 Å². The summed E-state index contributed by atoms with van der Waals surface area (Å²) in [5.41, 5.74) is 1.91. The summed E-state index contributed by atoms with van der Waals surface area (Å²) in [5.74, 6) is -1.16. The highest BCUT2D eigenvalue weighted by Gasteiger charge is 2.37. The minimum absolute atomic E-state index is 0.579. The quantitative estimate of drug-likeness (QED) is 0.435. The molecule has 0 spiro atoms. The lowest BCUT2D eigenvalue weighted by Crippen LogP contribution is -2.51. The van der Waals surface area contributed by atoms with Crippen LogP contribution in [0.5, 0.6) is 0 Å². The number of hydrogen-bond donors (Lipinski definition) is 0. The summed E-state index contributed by atoms with van der Waals surface area (Å²) in [6, 6.07) is 0. The van der Waals surface area contributed by atoms with Crippen LogP contribution in [0.2, 0.25) is 45.8 Å². The molecule has 5 nitrogen and oxygen atoms in total. The van der Waals surface area contributed by atoms with E-state index in [2.05, 4.69) is 57.1 Å². The molecule has 1 aliphatic heterocycles. The second-order valence-corrected chi connectivity index (χ2v) is 19.2. The molecule has 0 saturated heterocycles. The van der Waals surface area contributed by atoms with Crippen LogP contribution < -0.4 is 0 Å².